The van der Waals surface area contributed by atoms with E-state index in [9.17, 15) is 17.6 Å². The quantitative estimate of drug-likeness (QED) is 0.339. The molecular weight excluding hydrogens is 427 g/mol. The zero-order valence-electron chi connectivity index (χ0n) is 16.6. The third-order valence-electron chi connectivity index (χ3n) is 4.33. The van der Waals surface area contributed by atoms with Gasteiger partial charge < -0.3 is 10.3 Å². The molecule has 1 atom stereocenters. The van der Waals surface area contributed by atoms with Gasteiger partial charge in [0.2, 0.25) is 15.9 Å². The number of aromatic nitrogens is 2. The Balaban J connectivity index is 1.69. The van der Waals surface area contributed by atoms with Gasteiger partial charge in [-0.15, -0.1) is 0 Å². The molecule has 0 bridgehead atoms. The molecule has 3 N–H and O–H groups in total. The van der Waals surface area contributed by atoms with Gasteiger partial charge in [0, 0.05) is 12.2 Å². The molecule has 0 spiro atoms. The van der Waals surface area contributed by atoms with E-state index >= 15 is 0 Å². The number of hydrogen-bond acceptors (Lipinski definition) is 5. The van der Waals surface area contributed by atoms with Crippen molar-refractivity contribution in [3.8, 4) is 0 Å². The lowest BCUT2D eigenvalue weighted by atomic mass is 10.3. The van der Waals surface area contributed by atoms with Gasteiger partial charge in [-0.05, 0) is 55.8 Å². The van der Waals surface area contributed by atoms with Gasteiger partial charge in [-0.25, -0.2) is 22.5 Å². The second kappa shape index (κ2) is 9.59. The maximum Gasteiger partial charge on any atom is 0.240 e. The van der Waals surface area contributed by atoms with Gasteiger partial charge in [-0.2, -0.15) is 0 Å². The van der Waals surface area contributed by atoms with Crippen molar-refractivity contribution in [2.24, 2.45) is 0 Å². The van der Waals surface area contributed by atoms with Gasteiger partial charge in [0.25, 0.3) is 0 Å². The van der Waals surface area contributed by atoms with E-state index in [0.29, 0.717) is 28.4 Å². The number of fused-ring (bicyclic) bond motifs is 1. The minimum atomic E-state index is -3.58. The van der Waals surface area contributed by atoms with Crippen molar-refractivity contribution < 1.29 is 17.6 Å². The van der Waals surface area contributed by atoms with E-state index in [1.807, 2.05) is 6.92 Å². The standard InChI is InChI=1S/C20H23FN4O3S2/c1-3-4-11-22-30(27,28)16-9-10-17-18(12-16)25-20(24-17)29-13(2)19(26)23-15-7-5-14(21)6-8-15/h5-10,12-13,22H,3-4,11H2,1-2H3,(H,23,26)(H,24,25). The van der Waals surface area contributed by atoms with Crippen LogP contribution in [0.2, 0.25) is 0 Å². The van der Waals surface area contributed by atoms with Crippen LogP contribution in [-0.4, -0.2) is 36.1 Å². The number of aromatic amines is 1. The lowest BCUT2D eigenvalue weighted by Crippen LogP contribution is -2.24. The molecule has 0 saturated heterocycles. The smallest absolute Gasteiger partial charge is 0.240 e. The van der Waals surface area contributed by atoms with E-state index < -0.39 is 15.3 Å². The SMILES string of the molecule is CCCCNS(=O)(=O)c1ccc2nc(SC(C)C(=O)Nc3ccc(F)cc3)[nH]c2c1. The molecule has 0 aliphatic carbocycles. The summed E-state index contributed by atoms with van der Waals surface area (Å²) in [4.78, 5) is 20.0. The van der Waals surface area contributed by atoms with Crippen LogP contribution in [0.4, 0.5) is 10.1 Å². The first-order valence-electron chi connectivity index (χ1n) is 9.51. The number of nitrogens with zero attached hydrogens (tertiary/aromatic N) is 1. The van der Waals surface area contributed by atoms with Crippen molar-refractivity contribution in [1.29, 1.82) is 0 Å². The molecule has 160 valence electrons. The normalized spacial score (nSPS) is 12.8. The number of imidazole rings is 1. The molecule has 30 heavy (non-hydrogen) atoms. The molecule has 1 amide bonds. The largest absolute Gasteiger partial charge is 0.333 e. The first-order valence-corrected chi connectivity index (χ1v) is 11.9. The van der Waals surface area contributed by atoms with E-state index in [0.717, 1.165) is 12.8 Å². The number of nitrogens with one attached hydrogen (secondary N) is 3. The Morgan fingerprint density at radius 1 is 1.23 bits per heavy atom. The average molecular weight is 451 g/mol. The predicted octanol–water partition coefficient (Wildman–Crippen LogP) is 3.90. The maximum atomic E-state index is 13.0. The number of thioether (sulfide) groups is 1. The summed E-state index contributed by atoms with van der Waals surface area (Å²) in [5, 5.41) is 2.74. The van der Waals surface area contributed by atoms with Gasteiger partial charge in [0.1, 0.15) is 5.82 Å². The van der Waals surface area contributed by atoms with Crippen molar-refractivity contribution in [2.75, 3.05) is 11.9 Å². The van der Waals surface area contributed by atoms with Crippen LogP contribution in [0.5, 0.6) is 0 Å². The number of H-pyrrole nitrogens is 1. The van der Waals surface area contributed by atoms with Crippen LogP contribution < -0.4 is 10.0 Å². The third kappa shape index (κ3) is 5.59. The third-order valence-corrected chi connectivity index (χ3v) is 6.78. The molecule has 1 aromatic heterocycles. The molecule has 7 nitrogen and oxygen atoms in total. The van der Waals surface area contributed by atoms with Gasteiger partial charge >= 0.3 is 0 Å². The van der Waals surface area contributed by atoms with Crippen LogP contribution in [0.15, 0.2) is 52.5 Å². The first kappa shape index (κ1) is 22.3. The summed E-state index contributed by atoms with van der Waals surface area (Å²) in [6.07, 6.45) is 1.67. The molecule has 0 fully saturated rings. The molecular formula is C20H23FN4O3S2. The zero-order chi connectivity index (χ0) is 21.7. The number of rotatable bonds is 9. The Kier molecular flexibility index (Phi) is 7.11. The molecule has 10 heteroatoms. The van der Waals surface area contributed by atoms with Crippen LogP contribution in [0.1, 0.15) is 26.7 Å². The second-order valence-corrected chi connectivity index (χ2v) is 9.82. The summed E-state index contributed by atoms with van der Waals surface area (Å²) in [7, 11) is -3.58. The van der Waals surface area contributed by atoms with E-state index in [1.54, 1.807) is 13.0 Å². The molecule has 3 aromatic rings. The van der Waals surface area contributed by atoms with E-state index in [4.69, 9.17) is 0 Å². The molecule has 0 aliphatic heterocycles. The van der Waals surface area contributed by atoms with E-state index in [-0.39, 0.29) is 16.6 Å². The summed E-state index contributed by atoms with van der Waals surface area (Å²) in [5.41, 5.74) is 1.68. The van der Waals surface area contributed by atoms with E-state index in [1.165, 1.54) is 48.2 Å². The minimum Gasteiger partial charge on any atom is -0.333 e. The minimum absolute atomic E-state index is 0.161. The Hall–Kier alpha value is -2.43. The predicted molar refractivity (Wildman–Crippen MR) is 117 cm³/mol. The van der Waals surface area contributed by atoms with Crippen molar-refractivity contribution in [1.82, 2.24) is 14.7 Å². The Labute approximate surface area is 178 Å². The molecule has 1 unspecified atom stereocenters. The molecule has 0 radical (unpaired) electrons. The summed E-state index contributed by atoms with van der Waals surface area (Å²) in [5.74, 6) is -0.630. The number of carbonyl (C=O) groups excluding carboxylic acids is 1. The van der Waals surface area contributed by atoms with Crippen LogP contribution in [-0.2, 0) is 14.8 Å². The molecule has 2 aromatic carbocycles. The highest BCUT2D eigenvalue weighted by molar-refractivity contribution is 8.00. The van der Waals surface area contributed by atoms with Gasteiger partial charge in [-0.1, -0.05) is 25.1 Å². The van der Waals surface area contributed by atoms with Gasteiger partial charge in [0.05, 0.1) is 21.2 Å². The van der Waals surface area contributed by atoms with Crippen LogP contribution >= 0.6 is 11.8 Å². The number of amides is 1. The fourth-order valence-corrected chi connectivity index (χ4v) is 4.57. The summed E-state index contributed by atoms with van der Waals surface area (Å²) >= 11 is 1.21. The number of hydrogen-bond donors (Lipinski definition) is 3. The second-order valence-electron chi connectivity index (χ2n) is 6.73. The highest BCUT2D eigenvalue weighted by atomic mass is 32.2. The number of benzene rings is 2. The summed E-state index contributed by atoms with van der Waals surface area (Å²) < 4.78 is 40.3. The number of anilines is 1. The van der Waals surface area contributed by atoms with Crippen LogP contribution in [0, 0.1) is 5.82 Å². The van der Waals surface area contributed by atoms with Gasteiger partial charge in [0.15, 0.2) is 5.16 Å². The van der Waals surface area contributed by atoms with Crippen molar-refractivity contribution in [2.45, 2.75) is 42.0 Å². The van der Waals surface area contributed by atoms with Crippen LogP contribution in [0.3, 0.4) is 0 Å². The number of unbranched alkanes of at least 4 members (excludes halogenated alkanes) is 1. The number of sulfonamides is 1. The average Bonchev–Trinajstić information content (AvgIpc) is 3.11. The fraction of sp³-hybridized carbons (Fsp3) is 0.300. The topological polar surface area (TPSA) is 104 Å². The highest BCUT2D eigenvalue weighted by Gasteiger charge is 2.18. The zero-order valence-corrected chi connectivity index (χ0v) is 18.2. The molecule has 0 aliphatic rings. The number of halogens is 1. The first-order chi connectivity index (χ1) is 14.3. The monoisotopic (exact) mass is 450 g/mol. The Morgan fingerprint density at radius 3 is 2.67 bits per heavy atom. The summed E-state index contributed by atoms with van der Waals surface area (Å²) in [6, 6.07) is 10.2. The summed E-state index contributed by atoms with van der Waals surface area (Å²) in [6.45, 7) is 4.11. The molecule has 0 saturated carbocycles. The van der Waals surface area contributed by atoms with Crippen molar-refractivity contribution in [3.63, 3.8) is 0 Å². The number of carbonyl (C=O) groups is 1. The Morgan fingerprint density at radius 2 is 1.97 bits per heavy atom. The van der Waals surface area contributed by atoms with Gasteiger partial charge in [-0.3, -0.25) is 4.79 Å². The highest BCUT2D eigenvalue weighted by Crippen LogP contribution is 2.26. The van der Waals surface area contributed by atoms with Crippen molar-refractivity contribution in [3.05, 3.63) is 48.3 Å². The Bertz CT molecular complexity index is 1130. The maximum absolute atomic E-state index is 13.0. The van der Waals surface area contributed by atoms with Crippen molar-refractivity contribution >= 4 is 44.4 Å². The molecule has 3 rings (SSSR count). The fourth-order valence-electron chi connectivity index (χ4n) is 2.65. The molecule has 1 heterocycles. The van der Waals surface area contributed by atoms with E-state index in [2.05, 4.69) is 20.0 Å². The lowest BCUT2D eigenvalue weighted by Gasteiger charge is -2.10. The van der Waals surface area contributed by atoms with Crippen LogP contribution in [0.25, 0.3) is 11.0 Å². The lowest BCUT2D eigenvalue weighted by molar-refractivity contribution is -0.115.